The smallest absolute Gasteiger partial charge is 0.407 e. The topological polar surface area (TPSA) is 153 Å². The van der Waals surface area contributed by atoms with E-state index >= 15 is 0 Å². The molecule has 2 aromatic heterocycles. The molecule has 0 unspecified atom stereocenters. The number of halogens is 1. The molecule has 36 heavy (non-hydrogen) atoms. The van der Waals surface area contributed by atoms with Gasteiger partial charge in [0.15, 0.2) is 11.5 Å². The summed E-state index contributed by atoms with van der Waals surface area (Å²) in [5.41, 5.74) is 1.12. The number of carbonyl (C=O) groups excluding carboxylic acids is 2. The molecule has 3 aromatic rings. The van der Waals surface area contributed by atoms with Crippen molar-refractivity contribution in [1.82, 2.24) is 19.5 Å². The number of pyridine rings is 1. The van der Waals surface area contributed by atoms with Gasteiger partial charge >= 0.3 is 12.1 Å². The van der Waals surface area contributed by atoms with Gasteiger partial charge in [0.05, 0.1) is 17.7 Å². The summed E-state index contributed by atoms with van der Waals surface area (Å²) in [6, 6.07) is 9.03. The summed E-state index contributed by atoms with van der Waals surface area (Å²) >= 11 is 5.83. The summed E-state index contributed by atoms with van der Waals surface area (Å²) < 4.78 is 6.31. The van der Waals surface area contributed by atoms with E-state index < -0.39 is 18.1 Å². The van der Waals surface area contributed by atoms with Crippen molar-refractivity contribution < 1.29 is 24.2 Å². The molecule has 12 heteroatoms. The zero-order chi connectivity index (χ0) is 25.8. The number of amides is 2. The van der Waals surface area contributed by atoms with E-state index in [1.807, 2.05) is 0 Å². The van der Waals surface area contributed by atoms with Crippen molar-refractivity contribution in [2.45, 2.75) is 32.2 Å². The predicted molar refractivity (Wildman–Crippen MR) is 132 cm³/mol. The van der Waals surface area contributed by atoms with Gasteiger partial charge in [-0.15, -0.1) is 0 Å². The molecule has 0 saturated carbocycles. The van der Waals surface area contributed by atoms with Crippen LogP contribution in [0, 0.1) is 0 Å². The van der Waals surface area contributed by atoms with Crippen LogP contribution in [0.3, 0.4) is 0 Å². The molecule has 1 saturated heterocycles. The lowest BCUT2D eigenvalue weighted by Crippen LogP contribution is -2.39. The van der Waals surface area contributed by atoms with Gasteiger partial charge in [-0.25, -0.2) is 24.2 Å². The standard InChI is InChI=1S/C24H25ClN6O5/c1-2-36-23(33)20-19(29-21(31(20)26)17-5-3-4-12-30(17)24(34)35)14-6-8-15(9-7-14)22(32)28-18-11-10-16(25)13-27-18/h6-11,13,17H,2-5,12,26H2,1H3,(H,34,35)(H,27,28,32)/t17-/m0/s1. The third kappa shape index (κ3) is 5.10. The van der Waals surface area contributed by atoms with Gasteiger partial charge in [-0.1, -0.05) is 23.7 Å². The van der Waals surface area contributed by atoms with Gasteiger partial charge in [0, 0.05) is 23.9 Å². The maximum Gasteiger partial charge on any atom is 0.407 e. The fourth-order valence-electron chi connectivity index (χ4n) is 4.13. The quantitative estimate of drug-likeness (QED) is 0.331. The fraction of sp³-hybridized carbons (Fsp3) is 0.292. The van der Waals surface area contributed by atoms with Gasteiger partial charge in [0.25, 0.3) is 5.91 Å². The van der Waals surface area contributed by atoms with E-state index in [-0.39, 0.29) is 29.7 Å². The van der Waals surface area contributed by atoms with Crippen LogP contribution in [0.15, 0.2) is 42.6 Å². The number of carbonyl (C=O) groups is 3. The van der Waals surface area contributed by atoms with Crippen LogP contribution < -0.4 is 11.2 Å². The molecule has 1 fully saturated rings. The van der Waals surface area contributed by atoms with Gasteiger partial charge in [-0.2, -0.15) is 0 Å². The highest BCUT2D eigenvalue weighted by Gasteiger charge is 2.34. The number of rotatable bonds is 6. The lowest BCUT2D eigenvalue weighted by atomic mass is 10.0. The van der Waals surface area contributed by atoms with E-state index in [1.54, 1.807) is 43.3 Å². The van der Waals surface area contributed by atoms with Gasteiger partial charge in [0.2, 0.25) is 0 Å². The monoisotopic (exact) mass is 512 g/mol. The molecule has 4 N–H and O–H groups in total. The number of nitrogens with one attached hydrogen (secondary N) is 1. The molecule has 0 radical (unpaired) electrons. The Morgan fingerprint density at radius 2 is 1.94 bits per heavy atom. The molecule has 188 valence electrons. The van der Waals surface area contributed by atoms with Crippen LogP contribution in [0.4, 0.5) is 10.6 Å². The zero-order valence-electron chi connectivity index (χ0n) is 19.5. The number of nitrogen functional groups attached to an aromatic ring is 1. The molecule has 0 bridgehead atoms. The average molecular weight is 513 g/mol. The maximum atomic E-state index is 12.8. The number of nitrogens with two attached hydrogens (primary N) is 1. The molecule has 4 rings (SSSR count). The van der Waals surface area contributed by atoms with Gasteiger partial charge in [-0.3, -0.25) is 9.69 Å². The Kier molecular flexibility index (Phi) is 7.39. The van der Waals surface area contributed by atoms with E-state index in [4.69, 9.17) is 22.2 Å². The second-order valence-corrected chi connectivity index (χ2v) is 8.57. The van der Waals surface area contributed by atoms with Gasteiger partial charge < -0.3 is 21.0 Å². The third-order valence-electron chi connectivity index (χ3n) is 5.84. The highest BCUT2D eigenvalue weighted by Crippen LogP contribution is 2.34. The second-order valence-electron chi connectivity index (χ2n) is 8.14. The lowest BCUT2D eigenvalue weighted by Gasteiger charge is -2.32. The molecule has 0 aliphatic carbocycles. The molecule has 1 aliphatic rings. The Balaban J connectivity index is 1.67. The van der Waals surface area contributed by atoms with E-state index in [9.17, 15) is 19.5 Å². The van der Waals surface area contributed by atoms with Crippen molar-refractivity contribution in [1.29, 1.82) is 0 Å². The van der Waals surface area contributed by atoms with Gasteiger partial charge in [-0.05, 0) is 50.5 Å². The largest absolute Gasteiger partial charge is 0.465 e. The van der Waals surface area contributed by atoms with Crippen molar-refractivity contribution in [2.75, 3.05) is 24.3 Å². The summed E-state index contributed by atoms with van der Waals surface area (Å²) in [6.07, 6.45) is 2.42. The van der Waals surface area contributed by atoms with Crippen LogP contribution in [0.5, 0.6) is 0 Å². The number of anilines is 1. The van der Waals surface area contributed by atoms with Gasteiger partial charge in [0.1, 0.15) is 11.5 Å². The average Bonchev–Trinajstić information content (AvgIpc) is 3.22. The number of hydrogen-bond acceptors (Lipinski definition) is 7. The Labute approximate surface area is 211 Å². The zero-order valence-corrected chi connectivity index (χ0v) is 20.2. The first-order chi connectivity index (χ1) is 17.3. The number of piperidine rings is 1. The molecule has 2 amide bonds. The highest BCUT2D eigenvalue weighted by molar-refractivity contribution is 6.30. The fourth-order valence-corrected chi connectivity index (χ4v) is 4.24. The first kappa shape index (κ1) is 25.0. The van der Waals surface area contributed by atoms with E-state index in [0.717, 1.165) is 17.5 Å². The molecule has 11 nitrogen and oxygen atoms in total. The normalized spacial score (nSPS) is 15.4. The molecule has 3 heterocycles. The lowest BCUT2D eigenvalue weighted by molar-refractivity contribution is 0.0516. The minimum absolute atomic E-state index is 0.00493. The Morgan fingerprint density at radius 3 is 2.58 bits per heavy atom. The van der Waals surface area contributed by atoms with E-state index in [0.29, 0.717) is 34.9 Å². The second kappa shape index (κ2) is 10.6. The van der Waals surface area contributed by atoms with Crippen molar-refractivity contribution in [3.8, 4) is 11.3 Å². The van der Waals surface area contributed by atoms with Crippen LogP contribution in [-0.4, -0.2) is 55.8 Å². The summed E-state index contributed by atoms with van der Waals surface area (Å²) in [7, 11) is 0. The number of benzene rings is 1. The summed E-state index contributed by atoms with van der Waals surface area (Å²) in [5.74, 6) is 5.83. The number of esters is 1. The van der Waals surface area contributed by atoms with E-state index in [1.165, 1.54) is 11.1 Å². The molecule has 1 aromatic carbocycles. The summed E-state index contributed by atoms with van der Waals surface area (Å²) in [6.45, 7) is 2.15. The van der Waals surface area contributed by atoms with Crippen molar-refractivity contribution in [3.63, 3.8) is 0 Å². The Morgan fingerprint density at radius 1 is 1.19 bits per heavy atom. The summed E-state index contributed by atoms with van der Waals surface area (Å²) in [5, 5.41) is 12.8. The van der Waals surface area contributed by atoms with E-state index in [2.05, 4.69) is 15.3 Å². The number of carboxylic acid groups (broad SMARTS) is 1. The van der Waals surface area contributed by atoms with Crippen molar-refractivity contribution in [3.05, 3.63) is 64.7 Å². The number of nitrogens with zero attached hydrogens (tertiary/aromatic N) is 4. The van der Waals surface area contributed by atoms with Crippen molar-refractivity contribution >= 4 is 35.4 Å². The Hall–Kier alpha value is -4.12. The van der Waals surface area contributed by atoms with Crippen LogP contribution in [-0.2, 0) is 4.74 Å². The molecule has 0 spiro atoms. The molecular weight excluding hydrogens is 488 g/mol. The number of aromatic nitrogens is 3. The minimum Gasteiger partial charge on any atom is -0.465 e. The highest BCUT2D eigenvalue weighted by atomic mass is 35.5. The molecule has 1 atom stereocenters. The summed E-state index contributed by atoms with van der Waals surface area (Å²) in [4.78, 5) is 47.1. The maximum absolute atomic E-state index is 12.8. The predicted octanol–water partition coefficient (Wildman–Crippen LogP) is 3.95. The number of ether oxygens (including phenoxy) is 1. The van der Waals surface area contributed by atoms with Crippen LogP contribution in [0.1, 0.15) is 58.9 Å². The first-order valence-electron chi connectivity index (χ1n) is 11.4. The van der Waals surface area contributed by atoms with Crippen molar-refractivity contribution in [2.24, 2.45) is 0 Å². The molecule has 1 aliphatic heterocycles. The molecular formula is C24H25ClN6O5. The van der Waals surface area contributed by atoms with Crippen LogP contribution in [0.25, 0.3) is 11.3 Å². The number of likely N-dealkylation sites (tertiary alicyclic amines) is 1. The minimum atomic E-state index is -1.08. The first-order valence-corrected chi connectivity index (χ1v) is 11.8. The van der Waals surface area contributed by atoms with Crippen LogP contribution in [0.2, 0.25) is 5.02 Å². The third-order valence-corrected chi connectivity index (χ3v) is 6.07. The van der Waals surface area contributed by atoms with Crippen LogP contribution >= 0.6 is 11.6 Å². The Bertz CT molecular complexity index is 1280. The SMILES string of the molecule is CCOC(=O)c1c(-c2ccc(C(=O)Nc3ccc(Cl)cn3)cc2)nc([C@@H]2CCCCN2C(=O)O)n1N. The number of hydrogen-bond donors (Lipinski definition) is 3. The number of imidazole rings is 1.